The molecule has 1 fully saturated rings. The highest BCUT2D eigenvalue weighted by molar-refractivity contribution is 5.27. The lowest BCUT2D eigenvalue weighted by molar-refractivity contribution is 0.00589. The second-order valence-electron chi connectivity index (χ2n) is 5.16. The second-order valence-corrected chi connectivity index (χ2v) is 5.16. The number of nitrogens with zero attached hydrogens (tertiary/aromatic N) is 1. The Morgan fingerprint density at radius 1 is 1.27 bits per heavy atom. The molecule has 0 aliphatic carbocycles. The molecule has 5 nitrogen and oxygen atoms in total. The van der Waals surface area contributed by atoms with E-state index in [2.05, 4.69) is 24.4 Å². The Labute approximate surface area is 135 Å². The molecule has 1 aromatic rings. The first-order valence-electron chi connectivity index (χ1n) is 7.84. The van der Waals surface area contributed by atoms with Crippen LogP contribution in [0.3, 0.4) is 0 Å². The second kappa shape index (κ2) is 11.1. The molecule has 0 bridgehead atoms. The van der Waals surface area contributed by atoms with Crippen LogP contribution in [0.1, 0.15) is 37.8 Å². The summed E-state index contributed by atoms with van der Waals surface area (Å²) in [6, 6.07) is 8.20. The van der Waals surface area contributed by atoms with Gasteiger partial charge in [0.15, 0.2) is 0 Å². The normalized spacial score (nSPS) is 16.1. The van der Waals surface area contributed by atoms with Crippen molar-refractivity contribution in [3.8, 4) is 0 Å². The molecule has 1 saturated heterocycles. The third-order valence-corrected chi connectivity index (χ3v) is 3.31. The van der Waals surface area contributed by atoms with E-state index in [1.165, 1.54) is 16.8 Å². The zero-order valence-corrected chi connectivity index (χ0v) is 14.3. The Morgan fingerprint density at radius 3 is 2.27 bits per heavy atom. The molecule has 2 rings (SSSR count). The van der Waals surface area contributed by atoms with E-state index in [-0.39, 0.29) is 0 Å². The lowest BCUT2D eigenvalue weighted by Crippen LogP contribution is -2.39. The molecule has 1 aromatic carbocycles. The van der Waals surface area contributed by atoms with Crippen molar-refractivity contribution in [1.82, 2.24) is 10.3 Å². The van der Waals surface area contributed by atoms with Crippen LogP contribution in [-0.2, 0) is 5.60 Å². The van der Waals surface area contributed by atoms with Gasteiger partial charge in [0.2, 0.25) is 0 Å². The number of nitrogens with two attached hydrogens (primary N) is 2. The topological polar surface area (TPSA) is 87.5 Å². The maximum Gasteiger partial charge on any atom is 0.0920 e. The van der Waals surface area contributed by atoms with Crippen LogP contribution in [0, 0.1) is 6.92 Å². The minimum absolute atomic E-state index is 0.600. The third-order valence-electron chi connectivity index (χ3n) is 3.31. The molecule has 0 amide bonds. The summed E-state index contributed by atoms with van der Waals surface area (Å²) in [7, 11) is 1.70. The molecule has 0 aromatic heterocycles. The highest BCUT2D eigenvalue weighted by Gasteiger charge is 2.30. The van der Waals surface area contributed by atoms with Gasteiger partial charge in [0.05, 0.1) is 5.60 Å². The number of aliphatic hydroxyl groups is 1. The SMILES string of the molecule is CC.CN(N)/C=C\N.Cc1cccc(C2(O)CCNCC2)c1. The van der Waals surface area contributed by atoms with E-state index in [0.29, 0.717) is 0 Å². The number of piperidine rings is 1. The maximum absolute atomic E-state index is 10.4. The van der Waals surface area contributed by atoms with Crippen molar-refractivity contribution in [3.05, 3.63) is 47.8 Å². The van der Waals surface area contributed by atoms with Gasteiger partial charge in [0.25, 0.3) is 0 Å². The van der Waals surface area contributed by atoms with Crippen molar-refractivity contribution in [2.24, 2.45) is 11.6 Å². The number of hydrogen-bond acceptors (Lipinski definition) is 5. The van der Waals surface area contributed by atoms with E-state index >= 15 is 0 Å². The summed E-state index contributed by atoms with van der Waals surface area (Å²) in [6.45, 7) is 7.88. The molecule has 1 aliphatic rings. The van der Waals surface area contributed by atoms with Crippen LogP contribution < -0.4 is 16.9 Å². The van der Waals surface area contributed by atoms with Crippen molar-refractivity contribution in [2.75, 3.05) is 20.1 Å². The van der Waals surface area contributed by atoms with Crippen LogP contribution in [0.4, 0.5) is 0 Å². The smallest absolute Gasteiger partial charge is 0.0920 e. The molecule has 0 spiro atoms. The summed E-state index contributed by atoms with van der Waals surface area (Å²) < 4.78 is 0. The zero-order chi connectivity index (χ0) is 17.0. The first-order valence-corrected chi connectivity index (χ1v) is 7.84. The van der Waals surface area contributed by atoms with Crippen LogP contribution in [0.25, 0.3) is 0 Å². The third kappa shape index (κ3) is 7.45. The van der Waals surface area contributed by atoms with E-state index in [0.717, 1.165) is 31.5 Å². The van der Waals surface area contributed by atoms with Crippen molar-refractivity contribution in [2.45, 2.75) is 39.2 Å². The van der Waals surface area contributed by atoms with Crippen LogP contribution in [0.15, 0.2) is 36.7 Å². The summed E-state index contributed by atoms with van der Waals surface area (Å²) in [5, 5.41) is 15.1. The Hall–Kier alpha value is -1.56. The van der Waals surface area contributed by atoms with E-state index in [1.54, 1.807) is 13.2 Å². The number of hydrazine groups is 1. The van der Waals surface area contributed by atoms with Gasteiger partial charge in [-0.1, -0.05) is 43.7 Å². The van der Waals surface area contributed by atoms with Gasteiger partial charge in [0, 0.05) is 19.4 Å². The average Bonchev–Trinajstić information content (AvgIpc) is 2.50. The molecule has 0 unspecified atom stereocenters. The Bertz CT molecular complexity index is 426. The molecule has 1 aliphatic heterocycles. The van der Waals surface area contributed by atoms with Gasteiger partial charge in [-0.2, -0.15) is 0 Å². The van der Waals surface area contributed by atoms with E-state index in [4.69, 9.17) is 11.6 Å². The predicted molar refractivity (Wildman–Crippen MR) is 93.8 cm³/mol. The zero-order valence-electron chi connectivity index (χ0n) is 14.3. The van der Waals surface area contributed by atoms with E-state index in [1.807, 2.05) is 26.0 Å². The highest BCUT2D eigenvalue weighted by atomic mass is 16.3. The largest absolute Gasteiger partial charge is 0.403 e. The lowest BCUT2D eigenvalue weighted by atomic mass is 9.84. The Morgan fingerprint density at radius 2 is 1.86 bits per heavy atom. The summed E-state index contributed by atoms with van der Waals surface area (Å²) in [6.07, 6.45) is 4.56. The molecule has 0 atom stereocenters. The standard InChI is InChI=1S/C12H17NO.C3H9N3.C2H6/c1-10-3-2-4-11(9-10)12(14)5-7-13-8-6-12;1-6(5)3-2-4;1-2/h2-4,9,13-14H,5-8H2,1H3;2-3H,4-5H2,1H3;1-2H3/b;3-2-;. The number of hydrogen-bond donors (Lipinski definition) is 4. The molecule has 22 heavy (non-hydrogen) atoms. The molecule has 5 heteroatoms. The first kappa shape index (κ1) is 20.4. The summed E-state index contributed by atoms with van der Waals surface area (Å²) >= 11 is 0. The van der Waals surface area contributed by atoms with Gasteiger partial charge in [-0.05, 0) is 38.4 Å². The molecule has 0 radical (unpaired) electrons. The fourth-order valence-corrected chi connectivity index (χ4v) is 2.20. The lowest BCUT2D eigenvalue weighted by Gasteiger charge is -2.33. The van der Waals surface area contributed by atoms with Crippen LogP contribution in [0.2, 0.25) is 0 Å². The molecule has 126 valence electrons. The van der Waals surface area contributed by atoms with Gasteiger partial charge >= 0.3 is 0 Å². The fourth-order valence-electron chi connectivity index (χ4n) is 2.20. The molecule has 0 saturated carbocycles. The van der Waals surface area contributed by atoms with Crippen LogP contribution in [0.5, 0.6) is 0 Å². The van der Waals surface area contributed by atoms with Gasteiger partial charge in [-0.3, -0.25) is 0 Å². The van der Waals surface area contributed by atoms with Crippen molar-refractivity contribution < 1.29 is 5.11 Å². The molecular formula is C17H32N4O. The van der Waals surface area contributed by atoms with E-state index < -0.39 is 5.60 Å². The Kier molecular flexibility index (Phi) is 10.3. The highest BCUT2D eigenvalue weighted by Crippen LogP contribution is 2.30. The number of benzene rings is 1. The first-order chi connectivity index (χ1) is 10.5. The monoisotopic (exact) mass is 308 g/mol. The average molecular weight is 308 g/mol. The summed E-state index contributed by atoms with van der Waals surface area (Å²) in [5.41, 5.74) is 6.61. The predicted octanol–water partition coefficient (Wildman–Crippen LogP) is 1.81. The summed E-state index contributed by atoms with van der Waals surface area (Å²) in [5.74, 6) is 5.07. The van der Waals surface area contributed by atoms with Gasteiger partial charge in [0.1, 0.15) is 0 Å². The number of nitrogens with one attached hydrogen (secondary N) is 1. The van der Waals surface area contributed by atoms with E-state index in [9.17, 15) is 5.11 Å². The number of aryl methyl sites for hydroxylation is 1. The Balaban J connectivity index is 0.000000470. The van der Waals surface area contributed by atoms with Crippen molar-refractivity contribution >= 4 is 0 Å². The van der Waals surface area contributed by atoms with Crippen LogP contribution >= 0.6 is 0 Å². The summed E-state index contributed by atoms with van der Waals surface area (Å²) in [4.78, 5) is 0. The molecular weight excluding hydrogens is 276 g/mol. The molecule has 1 heterocycles. The minimum atomic E-state index is -0.600. The number of rotatable bonds is 2. The van der Waals surface area contributed by atoms with Crippen molar-refractivity contribution in [1.29, 1.82) is 0 Å². The van der Waals surface area contributed by atoms with Crippen LogP contribution in [-0.4, -0.2) is 30.3 Å². The molecule has 6 N–H and O–H groups in total. The van der Waals surface area contributed by atoms with Crippen molar-refractivity contribution in [3.63, 3.8) is 0 Å². The minimum Gasteiger partial charge on any atom is -0.403 e. The maximum atomic E-state index is 10.4. The quantitative estimate of drug-likeness (QED) is 0.494. The van der Waals surface area contributed by atoms with Gasteiger partial charge < -0.3 is 21.2 Å². The van der Waals surface area contributed by atoms with Gasteiger partial charge in [-0.15, -0.1) is 0 Å². The van der Waals surface area contributed by atoms with Gasteiger partial charge in [-0.25, -0.2) is 5.84 Å². The fraction of sp³-hybridized carbons (Fsp3) is 0.529.